The summed E-state index contributed by atoms with van der Waals surface area (Å²) in [5, 5.41) is 3.23. The summed E-state index contributed by atoms with van der Waals surface area (Å²) in [4.78, 5) is 19.2. The molecule has 22 heavy (non-hydrogen) atoms. The highest BCUT2D eigenvalue weighted by Gasteiger charge is 2.09. The first-order chi connectivity index (χ1) is 10.5. The molecule has 1 unspecified atom stereocenters. The summed E-state index contributed by atoms with van der Waals surface area (Å²) >= 11 is 0. The lowest BCUT2D eigenvalue weighted by Crippen LogP contribution is -2.15. The second kappa shape index (κ2) is 7.02. The van der Waals surface area contributed by atoms with Crippen LogP contribution in [0.3, 0.4) is 0 Å². The lowest BCUT2D eigenvalue weighted by atomic mass is 10.00. The Morgan fingerprint density at radius 3 is 2.45 bits per heavy atom. The monoisotopic (exact) mass is 298 g/mol. The molecule has 2 rings (SSSR count). The Morgan fingerprint density at radius 1 is 1.18 bits per heavy atom. The van der Waals surface area contributed by atoms with E-state index < -0.39 is 5.91 Å². The predicted molar refractivity (Wildman–Crippen MR) is 87.6 cm³/mol. The van der Waals surface area contributed by atoms with Crippen molar-refractivity contribution in [2.24, 2.45) is 11.7 Å². The van der Waals surface area contributed by atoms with Crippen LogP contribution in [-0.4, -0.2) is 15.9 Å². The Kier molecular flexibility index (Phi) is 5.09. The number of rotatable bonds is 6. The first kappa shape index (κ1) is 15.9. The summed E-state index contributed by atoms with van der Waals surface area (Å²) in [6, 6.07) is 8.59. The number of anilines is 1. The van der Waals surface area contributed by atoms with Gasteiger partial charge in [0.1, 0.15) is 11.5 Å². The van der Waals surface area contributed by atoms with Gasteiger partial charge in [0, 0.05) is 6.04 Å². The van der Waals surface area contributed by atoms with Crippen molar-refractivity contribution >= 4 is 11.7 Å². The van der Waals surface area contributed by atoms with Crippen molar-refractivity contribution in [2.45, 2.75) is 33.2 Å². The zero-order valence-corrected chi connectivity index (χ0v) is 13.2. The molecule has 0 radical (unpaired) electrons. The van der Waals surface area contributed by atoms with E-state index in [1.165, 1.54) is 11.8 Å². The molecule has 0 bridgehead atoms. The van der Waals surface area contributed by atoms with Crippen LogP contribution in [0.2, 0.25) is 0 Å². The predicted octanol–water partition coefficient (Wildman–Crippen LogP) is 2.95. The molecule has 5 nitrogen and oxygen atoms in total. The molecule has 5 heteroatoms. The number of benzene rings is 1. The van der Waals surface area contributed by atoms with Gasteiger partial charge in [-0.1, -0.05) is 38.1 Å². The summed E-state index contributed by atoms with van der Waals surface area (Å²) in [5.41, 5.74) is 7.85. The molecule has 1 aromatic heterocycles. The molecule has 0 aliphatic carbocycles. The Balaban J connectivity index is 2.07. The first-order valence-electron chi connectivity index (χ1n) is 7.43. The maximum Gasteiger partial charge on any atom is 0.268 e. The number of aromatic nitrogens is 2. The average Bonchev–Trinajstić information content (AvgIpc) is 2.47. The lowest BCUT2D eigenvalue weighted by Gasteiger charge is -2.15. The summed E-state index contributed by atoms with van der Waals surface area (Å²) in [7, 11) is 0. The largest absolute Gasteiger partial charge is 0.364 e. The highest BCUT2D eigenvalue weighted by Crippen LogP contribution is 2.19. The fraction of sp³-hybridized carbons (Fsp3) is 0.353. The number of primary amides is 1. The molecule has 0 aliphatic rings. The smallest absolute Gasteiger partial charge is 0.268 e. The molecular weight excluding hydrogens is 276 g/mol. The lowest BCUT2D eigenvalue weighted by molar-refractivity contribution is 0.0995. The fourth-order valence-corrected chi connectivity index (χ4v) is 2.27. The Bertz CT molecular complexity index is 637. The first-order valence-corrected chi connectivity index (χ1v) is 7.43. The van der Waals surface area contributed by atoms with Crippen LogP contribution in [0, 0.1) is 5.92 Å². The number of amides is 1. The third-order valence-corrected chi connectivity index (χ3v) is 3.38. The summed E-state index contributed by atoms with van der Waals surface area (Å²) < 4.78 is 0. The van der Waals surface area contributed by atoms with Crippen molar-refractivity contribution in [1.29, 1.82) is 0 Å². The standard InChI is InChI=1S/C17H22N4O/c1-11(2)8-13-4-6-14(7-5-13)12(3)20-16-10-19-9-15(21-16)17(18)22/h4-7,9-12H,8H2,1-3H3,(H2,18,22)(H,20,21). The van der Waals surface area contributed by atoms with Gasteiger partial charge in [-0.3, -0.25) is 9.78 Å². The van der Waals surface area contributed by atoms with E-state index in [1.54, 1.807) is 6.20 Å². The minimum atomic E-state index is -0.582. The number of carbonyl (C=O) groups is 1. The SMILES string of the molecule is CC(C)Cc1ccc(C(C)Nc2cncc(C(N)=O)n2)cc1. The van der Waals surface area contributed by atoms with E-state index in [2.05, 4.69) is 53.4 Å². The van der Waals surface area contributed by atoms with Crippen molar-refractivity contribution in [3.8, 4) is 0 Å². The van der Waals surface area contributed by atoms with Gasteiger partial charge in [0.05, 0.1) is 12.4 Å². The Labute approximate surface area is 131 Å². The third kappa shape index (κ3) is 4.28. The van der Waals surface area contributed by atoms with Crippen molar-refractivity contribution in [2.75, 3.05) is 5.32 Å². The van der Waals surface area contributed by atoms with Crippen LogP contribution in [0.5, 0.6) is 0 Å². The molecule has 2 aromatic rings. The van der Waals surface area contributed by atoms with Crippen molar-refractivity contribution in [3.63, 3.8) is 0 Å². The van der Waals surface area contributed by atoms with Crippen molar-refractivity contribution < 1.29 is 4.79 Å². The second-order valence-electron chi connectivity index (χ2n) is 5.86. The minimum Gasteiger partial charge on any atom is -0.364 e. The van der Waals surface area contributed by atoms with Gasteiger partial charge in [0.15, 0.2) is 0 Å². The number of nitrogens with one attached hydrogen (secondary N) is 1. The van der Waals surface area contributed by atoms with E-state index in [0.29, 0.717) is 11.7 Å². The van der Waals surface area contributed by atoms with Crippen LogP contribution in [0.1, 0.15) is 48.4 Å². The summed E-state index contributed by atoms with van der Waals surface area (Å²) in [6.45, 7) is 6.46. The Hall–Kier alpha value is -2.43. The van der Waals surface area contributed by atoms with E-state index in [-0.39, 0.29) is 11.7 Å². The normalized spacial score (nSPS) is 12.2. The topological polar surface area (TPSA) is 80.9 Å². The van der Waals surface area contributed by atoms with Crippen molar-refractivity contribution in [3.05, 3.63) is 53.5 Å². The van der Waals surface area contributed by atoms with Gasteiger partial charge < -0.3 is 11.1 Å². The van der Waals surface area contributed by atoms with Crippen molar-refractivity contribution in [1.82, 2.24) is 9.97 Å². The van der Waals surface area contributed by atoms with Crippen LogP contribution < -0.4 is 11.1 Å². The van der Waals surface area contributed by atoms with Gasteiger partial charge in [0.25, 0.3) is 5.91 Å². The average molecular weight is 298 g/mol. The number of nitrogens with two attached hydrogens (primary N) is 1. The zero-order chi connectivity index (χ0) is 16.1. The molecule has 3 N–H and O–H groups in total. The van der Waals surface area contributed by atoms with Gasteiger partial charge in [-0.15, -0.1) is 0 Å². The van der Waals surface area contributed by atoms with Crippen LogP contribution >= 0.6 is 0 Å². The van der Waals surface area contributed by atoms with Crippen LogP contribution in [0.25, 0.3) is 0 Å². The number of hydrogen-bond acceptors (Lipinski definition) is 4. The number of hydrogen-bond donors (Lipinski definition) is 2. The molecule has 1 atom stereocenters. The maximum atomic E-state index is 11.1. The number of carbonyl (C=O) groups excluding carboxylic acids is 1. The number of nitrogens with zero attached hydrogens (tertiary/aromatic N) is 2. The fourth-order valence-electron chi connectivity index (χ4n) is 2.27. The molecule has 1 aromatic carbocycles. The van der Waals surface area contributed by atoms with E-state index in [4.69, 9.17) is 5.73 Å². The zero-order valence-electron chi connectivity index (χ0n) is 13.2. The van der Waals surface area contributed by atoms with Gasteiger partial charge in [-0.05, 0) is 30.4 Å². The molecular formula is C17H22N4O. The van der Waals surface area contributed by atoms with E-state index >= 15 is 0 Å². The van der Waals surface area contributed by atoms with E-state index in [0.717, 1.165) is 12.0 Å². The highest BCUT2D eigenvalue weighted by molar-refractivity contribution is 5.90. The molecule has 116 valence electrons. The van der Waals surface area contributed by atoms with Crippen LogP contribution in [-0.2, 0) is 6.42 Å². The molecule has 1 amide bonds. The summed E-state index contributed by atoms with van der Waals surface area (Å²) in [6.07, 6.45) is 4.02. The van der Waals surface area contributed by atoms with Gasteiger partial charge in [-0.25, -0.2) is 4.98 Å². The minimum absolute atomic E-state index is 0.0607. The molecule has 1 heterocycles. The molecule has 0 spiro atoms. The summed E-state index contributed by atoms with van der Waals surface area (Å²) in [5.74, 6) is 0.602. The molecule has 0 saturated heterocycles. The molecule has 0 saturated carbocycles. The van der Waals surface area contributed by atoms with Gasteiger partial charge in [-0.2, -0.15) is 0 Å². The highest BCUT2D eigenvalue weighted by atomic mass is 16.1. The molecule has 0 aliphatic heterocycles. The quantitative estimate of drug-likeness (QED) is 0.859. The second-order valence-corrected chi connectivity index (χ2v) is 5.86. The van der Waals surface area contributed by atoms with Gasteiger partial charge in [0.2, 0.25) is 0 Å². The van der Waals surface area contributed by atoms with E-state index in [1.807, 2.05) is 6.92 Å². The van der Waals surface area contributed by atoms with E-state index in [9.17, 15) is 4.79 Å². The Morgan fingerprint density at radius 2 is 1.86 bits per heavy atom. The molecule has 0 fully saturated rings. The van der Waals surface area contributed by atoms with Crippen LogP contribution in [0.15, 0.2) is 36.7 Å². The van der Waals surface area contributed by atoms with Gasteiger partial charge >= 0.3 is 0 Å². The maximum absolute atomic E-state index is 11.1. The van der Waals surface area contributed by atoms with Crippen LogP contribution in [0.4, 0.5) is 5.82 Å². The third-order valence-electron chi connectivity index (χ3n) is 3.38.